The Morgan fingerprint density at radius 3 is 2.40 bits per heavy atom. The third-order valence-electron chi connectivity index (χ3n) is 3.41. The minimum Gasteiger partial charge on any atom is -0.496 e. The zero-order valence-electron chi connectivity index (χ0n) is 14.5. The van der Waals surface area contributed by atoms with Gasteiger partial charge in [-0.3, -0.25) is 4.98 Å². The highest BCUT2D eigenvalue weighted by Gasteiger charge is 2.22. The van der Waals surface area contributed by atoms with Crippen molar-refractivity contribution in [1.82, 2.24) is 9.97 Å². The summed E-state index contributed by atoms with van der Waals surface area (Å²) in [5.74, 6) is 0.767. The highest BCUT2D eigenvalue weighted by Crippen LogP contribution is 2.33. The topological polar surface area (TPSA) is 79.8 Å². The molecule has 8 heteroatoms. The normalized spacial score (nSPS) is 10.3. The Kier molecular flexibility index (Phi) is 6.58. The first-order chi connectivity index (χ1) is 12.1. The van der Waals surface area contributed by atoms with Crippen LogP contribution in [-0.4, -0.2) is 43.9 Å². The van der Waals surface area contributed by atoms with E-state index < -0.39 is 5.97 Å². The number of hydrogen-bond donors (Lipinski definition) is 0. The number of methoxy groups -OCH3 is 3. The van der Waals surface area contributed by atoms with Crippen molar-refractivity contribution in [1.29, 1.82) is 0 Å². The molecule has 2 rings (SSSR count). The van der Waals surface area contributed by atoms with Gasteiger partial charge in [-0.15, -0.1) is 0 Å². The van der Waals surface area contributed by atoms with Crippen LogP contribution in [0, 0.1) is 0 Å². The molecule has 0 saturated heterocycles. The summed E-state index contributed by atoms with van der Waals surface area (Å²) in [5.41, 5.74) is 2.11. The average Bonchev–Trinajstić information content (AvgIpc) is 2.66. The monoisotopic (exact) mass is 410 g/mol. The molecule has 0 unspecified atom stereocenters. The average molecular weight is 411 g/mol. The van der Waals surface area contributed by atoms with Crippen LogP contribution in [0.3, 0.4) is 0 Å². The number of carbonyl (C=O) groups excluding carboxylic acids is 1. The molecule has 2 aromatic rings. The summed E-state index contributed by atoms with van der Waals surface area (Å²) in [6.07, 6.45) is 1.62. The molecule has 0 radical (unpaired) electrons. The first-order valence-electron chi connectivity index (χ1n) is 7.48. The van der Waals surface area contributed by atoms with Gasteiger partial charge < -0.3 is 18.9 Å². The first-order valence-corrected chi connectivity index (χ1v) is 8.61. The molecule has 0 bridgehead atoms. The van der Waals surface area contributed by atoms with Gasteiger partial charge in [0.25, 0.3) is 5.88 Å². The minimum absolute atomic E-state index is 0.269. The Balaban J connectivity index is 2.58. The molecule has 0 aliphatic heterocycles. The van der Waals surface area contributed by atoms with E-state index in [4.69, 9.17) is 18.9 Å². The molecule has 25 heavy (non-hydrogen) atoms. The van der Waals surface area contributed by atoms with Crippen molar-refractivity contribution < 1.29 is 23.7 Å². The molecule has 0 saturated carbocycles. The Labute approximate surface area is 154 Å². The van der Waals surface area contributed by atoms with Gasteiger partial charge in [0.2, 0.25) is 0 Å². The summed E-state index contributed by atoms with van der Waals surface area (Å²) in [5, 5.41) is 0.367. The SMILES string of the molecule is CCOC(=O)c1c(OC)cc(-c2cnc(OC)c(OC)c2)nc1CBr. The van der Waals surface area contributed by atoms with E-state index >= 15 is 0 Å². The number of alkyl halides is 1. The predicted octanol–water partition coefficient (Wildman–Crippen LogP) is 3.24. The predicted molar refractivity (Wildman–Crippen MR) is 95.7 cm³/mol. The van der Waals surface area contributed by atoms with E-state index in [0.717, 1.165) is 0 Å². The van der Waals surface area contributed by atoms with Gasteiger partial charge in [0.1, 0.15) is 11.3 Å². The summed E-state index contributed by atoms with van der Waals surface area (Å²) in [4.78, 5) is 21.0. The van der Waals surface area contributed by atoms with E-state index in [2.05, 4.69) is 25.9 Å². The lowest BCUT2D eigenvalue weighted by molar-refractivity contribution is 0.0521. The van der Waals surface area contributed by atoms with E-state index in [1.165, 1.54) is 21.3 Å². The van der Waals surface area contributed by atoms with Crippen molar-refractivity contribution in [3.63, 3.8) is 0 Å². The highest BCUT2D eigenvalue weighted by molar-refractivity contribution is 9.08. The van der Waals surface area contributed by atoms with Crippen molar-refractivity contribution in [2.75, 3.05) is 27.9 Å². The van der Waals surface area contributed by atoms with Crippen molar-refractivity contribution in [2.24, 2.45) is 0 Å². The van der Waals surface area contributed by atoms with Crippen molar-refractivity contribution >= 4 is 21.9 Å². The summed E-state index contributed by atoms with van der Waals surface area (Å²) in [7, 11) is 4.54. The fourth-order valence-electron chi connectivity index (χ4n) is 2.27. The zero-order valence-corrected chi connectivity index (χ0v) is 16.0. The van der Waals surface area contributed by atoms with Crippen molar-refractivity contribution in [2.45, 2.75) is 12.3 Å². The molecule has 2 heterocycles. The van der Waals surface area contributed by atoms with Gasteiger partial charge in [0.05, 0.1) is 39.3 Å². The van der Waals surface area contributed by atoms with E-state index in [-0.39, 0.29) is 6.61 Å². The number of pyridine rings is 2. The molecular weight excluding hydrogens is 392 g/mol. The number of rotatable bonds is 7. The Bertz CT molecular complexity index is 742. The highest BCUT2D eigenvalue weighted by atomic mass is 79.9. The van der Waals surface area contributed by atoms with E-state index in [9.17, 15) is 4.79 Å². The van der Waals surface area contributed by atoms with Crippen LogP contribution in [0.2, 0.25) is 0 Å². The third kappa shape index (κ3) is 4.01. The molecule has 0 N–H and O–H groups in total. The van der Waals surface area contributed by atoms with Crippen LogP contribution in [0.4, 0.5) is 0 Å². The summed E-state index contributed by atoms with van der Waals surface area (Å²) >= 11 is 3.36. The fraction of sp³-hybridized carbons (Fsp3) is 0.353. The van der Waals surface area contributed by atoms with Gasteiger partial charge in [0.15, 0.2) is 5.75 Å². The van der Waals surface area contributed by atoms with Gasteiger partial charge in [-0.25, -0.2) is 9.78 Å². The first kappa shape index (κ1) is 19.0. The van der Waals surface area contributed by atoms with E-state index in [1.54, 1.807) is 25.3 Å². The summed E-state index contributed by atoms with van der Waals surface area (Å²) in [6.45, 7) is 2.01. The van der Waals surface area contributed by atoms with Crippen molar-refractivity contribution in [3.05, 3.63) is 29.6 Å². The van der Waals surface area contributed by atoms with Crippen molar-refractivity contribution in [3.8, 4) is 28.6 Å². The second-order valence-electron chi connectivity index (χ2n) is 4.82. The van der Waals surface area contributed by atoms with E-state index in [0.29, 0.717) is 45.2 Å². The molecule has 0 atom stereocenters. The molecule has 0 spiro atoms. The maximum atomic E-state index is 12.2. The van der Waals surface area contributed by atoms with Crippen LogP contribution < -0.4 is 14.2 Å². The number of carbonyl (C=O) groups is 1. The molecule has 0 aliphatic rings. The van der Waals surface area contributed by atoms with Crippen LogP contribution in [0.15, 0.2) is 18.3 Å². The number of nitrogens with zero attached hydrogens (tertiary/aromatic N) is 2. The Hall–Kier alpha value is -2.35. The molecule has 0 aromatic carbocycles. The summed E-state index contributed by atoms with van der Waals surface area (Å²) < 4.78 is 20.9. The van der Waals surface area contributed by atoms with Gasteiger partial charge in [-0.1, -0.05) is 15.9 Å². The summed E-state index contributed by atoms with van der Waals surface area (Å²) in [6, 6.07) is 3.43. The number of aromatic nitrogens is 2. The largest absolute Gasteiger partial charge is 0.496 e. The lowest BCUT2D eigenvalue weighted by Gasteiger charge is -2.14. The Morgan fingerprint density at radius 2 is 1.84 bits per heavy atom. The van der Waals surface area contributed by atoms with Gasteiger partial charge in [-0.2, -0.15) is 0 Å². The third-order valence-corrected chi connectivity index (χ3v) is 3.94. The van der Waals surface area contributed by atoms with Gasteiger partial charge >= 0.3 is 5.97 Å². The number of hydrogen-bond acceptors (Lipinski definition) is 7. The zero-order chi connectivity index (χ0) is 18.4. The van der Waals surface area contributed by atoms with Crippen LogP contribution in [0.5, 0.6) is 17.4 Å². The van der Waals surface area contributed by atoms with Crippen LogP contribution in [-0.2, 0) is 10.1 Å². The lowest BCUT2D eigenvalue weighted by Crippen LogP contribution is -2.11. The molecule has 134 valence electrons. The molecule has 0 amide bonds. The molecular formula is C17H19BrN2O5. The molecule has 2 aromatic heterocycles. The number of halogens is 1. The van der Waals surface area contributed by atoms with Crippen LogP contribution in [0.1, 0.15) is 23.0 Å². The Morgan fingerprint density at radius 1 is 1.12 bits per heavy atom. The van der Waals surface area contributed by atoms with Crippen LogP contribution >= 0.6 is 15.9 Å². The van der Waals surface area contributed by atoms with Gasteiger partial charge in [0, 0.05) is 23.2 Å². The maximum Gasteiger partial charge on any atom is 0.343 e. The number of esters is 1. The second-order valence-corrected chi connectivity index (χ2v) is 5.38. The second kappa shape index (κ2) is 8.66. The van der Waals surface area contributed by atoms with Gasteiger partial charge in [-0.05, 0) is 13.0 Å². The minimum atomic E-state index is -0.474. The van der Waals surface area contributed by atoms with E-state index in [1.807, 2.05) is 0 Å². The maximum absolute atomic E-state index is 12.2. The lowest BCUT2D eigenvalue weighted by atomic mass is 10.1. The smallest absolute Gasteiger partial charge is 0.343 e. The number of ether oxygens (including phenoxy) is 4. The van der Waals surface area contributed by atoms with Crippen LogP contribution in [0.25, 0.3) is 11.3 Å². The fourth-order valence-corrected chi connectivity index (χ4v) is 2.68. The quantitative estimate of drug-likeness (QED) is 0.511. The molecule has 7 nitrogen and oxygen atoms in total. The standard InChI is InChI=1S/C17H19BrN2O5/c1-5-25-17(21)15-12(8-18)20-11(7-13(15)22-2)10-6-14(23-3)16(24-4)19-9-10/h6-7,9H,5,8H2,1-4H3. The molecule has 0 aliphatic carbocycles. The molecule has 0 fully saturated rings.